The Labute approximate surface area is 277 Å². The second-order valence-corrected chi connectivity index (χ2v) is 12.9. The van der Waals surface area contributed by atoms with Gasteiger partial charge >= 0.3 is 11.8 Å². The molecule has 1 saturated heterocycles. The van der Waals surface area contributed by atoms with Crippen LogP contribution in [-0.2, 0) is 24.4 Å². The number of hydrogen-bond acceptors (Lipinski definition) is 7. The standard InChI is InChI=1S/C36H41F2N5O5/c1-24-32(41-19-17-40(18-20-41)21-26-13-8-9-16-31(26)44)33(45)43(35(47)42(24)22-27-28(37)14-10-15-29(27)38)23-30(25-11-6-5-7-12-25)39-34(46)48-36(2,3)4/h5-16,30,44H,17-23H2,1-4H3,(H,39,46)/t30-/m0/s1. The number of aromatic nitrogens is 2. The van der Waals surface area contributed by atoms with E-state index in [2.05, 4.69) is 10.2 Å². The summed E-state index contributed by atoms with van der Waals surface area (Å²) in [6, 6.07) is 18.6. The number of para-hydroxylation sites is 1. The van der Waals surface area contributed by atoms with Crippen molar-refractivity contribution in [2.75, 3.05) is 31.1 Å². The molecule has 0 unspecified atom stereocenters. The Morgan fingerprint density at radius 1 is 0.875 bits per heavy atom. The molecule has 1 amide bonds. The first kappa shape index (κ1) is 34.4. The average Bonchev–Trinajstić information content (AvgIpc) is 3.03. The number of nitrogens with zero attached hydrogens (tertiary/aromatic N) is 4. The van der Waals surface area contributed by atoms with Crippen molar-refractivity contribution >= 4 is 11.8 Å². The first-order chi connectivity index (χ1) is 22.8. The molecule has 4 aromatic rings. The third kappa shape index (κ3) is 7.93. The van der Waals surface area contributed by atoms with Gasteiger partial charge in [0.1, 0.15) is 28.7 Å². The number of hydrogen-bond donors (Lipinski definition) is 2. The number of phenolic OH excluding ortho intramolecular Hbond substituents is 1. The fourth-order valence-corrected chi connectivity index (χ4v) is 5.91. The number of aromatic hydroxyl groups is 1. The number of benzene rings is 3. The molecule has 5 rings (SSSR count). The lowest BCUT2D eigenvalue weighted by Gasteiger charge is -2.37. The van der Waals surface area contributed by atoms with E-state index in [1.165, 1.54) is 10.6 Å². The number of ether oxygens (including phenoxy) is 1. The molecule has 12 heteroatoms. The fourth-order valence-electron chi connectivity index (χ4n) is 5.91. The van der Waals surface area contributed by atoms with Crippen molar-refractivity contribution < 1.29 is 23.4 Å². The van der Waals surface area contributed by atoms with Gasteiger partial charge < -0.3 is 20.1 Å². The molecule has 254 valence electrons. The van der Waals surface area contributed by atoms with Gasteiger partial charge in [-0.3, -0.25) is 18.8 Å². The second kappa shape index (κ2) is 14.4. The summed E-state index contributed by atoms with van der Waals surface area (Å²) in [5, 5.41) is 13.1. The molecule has 0 aliphatic carbocycles. The highest BCUT2D eigenvalue weighted by Gasteiger charge is 2.28. The number of carbonyl (C=O) groups excluding carboxylic acids is 1. The molecule has 1 aromatic heterocycles. The van der Waals surface area contributed by atoms with Gasteiger partial charge in [0, 0.05) is 49.5 Å². The van der Waals surface area contributed by atoms with Crippen LogP contribution in [0, 0.1) is 18.6 Å². The van der Waals surface area contributed by atoms with Crippen LogP contribution in [0.2, 0.25) is 0 Å². The van der Waals surface area contributed by atoms with Crippen molar-refractivity contribution in [1.82, 2.24) is 19.4 Å². The summed E-state index contributed by atoms with van der Waals surface area (Å²) in [7, 11) is 0. The van der Waals surface area contributed by atoms with Crippen LogP contribution in [0.25, 0.3) is 0 Å². The van der Waals surface area contributed by atoms with E-state index in [0.717, 1.165) is 22.3 Å². The van der Waals surface area contributed by atoms with Gasteiger partial charge in [0.25, 0.3) is 5.56 Å². The minimum Gasteiger partial charge on any atom is -0.508 e. The van der Waals surface area contributed by atoms with Crippen LogP contribution < -0.4 is 21.5 Å². The third-order valence-electron chi connectivity index (χ3n) is 8.37. The fraction of sp³-hybridized carbons (Fsp3) is 0.361. The maximum absolute atomic E-state index is 14.9. The second-order valence-electron chi connectivity index (χ2n) is 12.9. The van der Waals surface area contributed by atoms with Gasteiger partial charge in [-0.25, -0.2) is 18.4 Å². The van der Waals surface area contributed by atoms with Gasteiger partial charge in [0.2, 0.25) is 0 Å². The Bertz CT molecular complexity index is 1860. The third-order valence-corrected chi connectivity index (χ3v) is 8.37. The molecule has 1 aliphatic rings. The van der Waals surface area contributed by atoms with Gasteiger partial charge in [-0.15, -0.1) is 0 Å². The summed E-state index contributed by atoms with van der Waals surface area (Å²) >= 11 is 0. The number of phenols is 1. The van der Waals surface area contributed by atoms with E-state index in [9.17, 15) is 28.3 Å². The highest BCUT2D eigenvalue weighted by molar-refractivity contribution is 5.68. The summed E-state index contributed by atoms with van der Waals surface area (Å²) in [5.74, 6) is -1.42. The van der Waals surface area contributed by atoms with Crippen LogP contribution in [0.4, 0.5) is 19.3 Å². The summed E-state index contributed by atoms with van der Waals surface area (Å²) < 4.78 is 37.5. The molecule has 48 heavy (non-hydrogen) atoms. The molecular formula is C36H41F2N5O5. The molecule has 0 bridgehead atoms. The van der Waals surface area contributed by atoms with Crippen LogP contribution in [0.5, 0.6) is 5.75 Å². The van der Waals surface area contributed by atoms with Crippen molar-refractivity contribution in [3.63, 3.8) is 0 Å². The Kier molecular flexibility index (Phi) is 10.3. The maximum Gasteiger partial charge on any atom is 0.408 e. The maximum atomic E-state index is 14.9. The number of alkyl carbamates (subject to hydrolysis) is 1. The van der Waals surface area contributed by atoms with E-state index in [4.69, 9.17) is 4.74 Å². The Hall–Kier alpha value is -4.97. The number of anilines is 1. The van der Waals surface area contributed by atoms with Crippen LogP contribution in [-0.4, -0.2) is 57.0 Å². The molecule has 2 N–H and O–H groups in total. The number of halogens is 2. The van der Waals surface area contributed by atoms with Crippen LogP contribution in [0.3, 0.4) is 0 Å². The molecule has 2 heterocycles. The number of rotatable bonds is 9. The van der Waals surface area contributed by atoms with E-state index in [0.29, 0.717) is 38.3 Å². The summed E-state index contributed by atoms with van der Waals surface area (Å²) in [5.41, 5.74) is -0.532. The highest BCUT2D eigenvalue weighted by atomic mass is 19.1. The lowest BCUT2D eigenvalue weighted by molar-refractivity contribution is 0.0497. The molecule has 10 nitrogen and oxygen atoms in total. The smallest absolute Gasteiger partial charge is 0.408 e. The predicted molar refractivity (Wildman–Crippen MR) is 179 cm³/mol. The van der Waals surface area contributed by atoms with E-state index >= 15 is 0 Å². The lowest BCUT2D eigenvalue weighted by Crippen LogP contribution is -2.51. The normalized spacial score (nSPS) is 14.5. The van der Waals surface area contributed by atoms with Crippen molar-refractivity contribution in [2.24, 2.45) is 0 Å². The lowest BCUT2D eigenvalue weighted by atomic mass is 10.1. The zero-order valence-corrected chi connectivity index (χ0v) is 27.6. The molecule has 1 aliphatic heterocycles. The van der Waals surface area contributed by atoms with Gasteiger partial charge in [0.15, 0.2) is 0 Å². The monoisotopic (exact) mass is 661 g/mol. The topological polar surface area (TPSA) is 109 Å². The molecule has 1 fully saturated rings. The Balaban J connectivity index is 1.54. The average molecular weight is 662 g/mol. The number of carbonyl (C=O) groups is 1. The minimum atomic E-state index is -0.851. The SMILES string of the molecule is Cc1c(N2CCN(Cc3ccccc3O)CC2)c(=O)n(C[C@H](NC(=O)OC(C)(C)C)c2ccccc2)c(=O)n1Cc1c(F)cccc1F. The van der Waals surface area contributed by atoms with E-state index in [1.807, 2.05) is 17.0 Å². The molecular weight excluding hydrogens is 620 g/mol. The largest absolute Gasteiger partial charge is 0.508 e. The van der Waals surface area contributed by atoms with E-state index in [1.54, 1.807) is 70.2 Å². The van der Waals surface area contributed by atoms with Crippen LogP contribution in [0.1, 0.15) is 49.2 Å². The van der Waals surface area contributed by atoms with E-state index < -0.39 is 47.2 Å². The Morgan fingerprint density at radius 3 is 2.12 bits per heavy atom. The number of nitrogens with one attached hydrogen (secondary N) is 1. The quantitative estimate of drug-likeness (QED) is 0.262. The molecule has 0 saturated carbocycles. The molecule has 3 aromatic carbocycles. The van der Waals surface area contributed by atoms with Gasteiger partial charge in [0.05, 0.1) is 19.1 Å². The molecule has 0 spiro atoms. The number of piperazine rings is 1. The molecule has 0 radical (unpaired) electrons. The zero-order valence-electron chi connectivity index (χ0n) is 27.6. The highest BCUT2D eigenvalue weighted by Crippen LogP contribution is 2.23. The summed E-state index contributed by atoms with van der Waals surface area (Å²) in [6.07, 6.45) is -0.730. The number of amides is 1. The van der Waals surface area contributed by atoms with Crippen LogP contribution >= 0.6 is 0 Å². The summed E-state index contributed by atoms with van der Waals surface area (Å²) in [4.78, 5) is 45.4. The minimum absolute atomic E-state index is 0.207. The molecule has 1 atom stereocenters. The van der Waals surface area contributed by atoms with Gasteiger partial charge in [-0.1, -0.05) is 54.6 Å². The predicted octanol–water partition coefficient (Wildman–Crippen LogP) is 4.94. The van der Waals surface area contributed by atoms with Crippen molar-refractivity contribution in [3.8, 4) is 5.75 Å². The van der Waals surface area contributed by atoms with Gasteiger partial charge in [-0.05, 0) is 51.5 Å². The summed E-state index contributed by atoms with van der Waals surface area (Å²) in [6.45, 7) is 8.55. The van der Waals surface area contributed by atoms with Crippen molar-refractivity contribution in [2.45, 2.75) is 59.0 Å². The van der Waals surface area contributed by atoms with E-state index in [-0.39, 0.29) is 29.2 Å². The first-order valence-corrected chi connectivity index (χ1v) is 15.9. The first-order valence-electron chi connectivity index (χ1n) is 15.9. The van der Waals surface area contributed by atoms with Gasteiger partial charge in [-0.2, -0.15) is 0 Å². The zero-order chi connectivity index (χ0) is 34.6. The Morgan fingerprint density at radius 2 is 1.50 bits per heavy atom. The van der Waals surface area contributed by atoms with Crippen molar-refractivity contribution in [1.29, 1.82) is 0 Å². The van der Waals surface area contributed by atoms with Crippen LogP contribution in [0.15, 0.2) is 82.4 Å². The van der Waals surface area contributed by atoms with Crippen molar-refractivity contribution in [3.05, 3.63) is 128 Å².